The molecule has 1 aliphatic heterocycles. The minimum atomic E-state index is -0.403. The summed E-state index contributed by atoms with van der Waals surface area (Å²) in [6.07, 6.45) is 1.72. The molecule has 2 heterocycles. The normalized spacial score (nSPS) is 15.6. The van der Waals surface area contributed by atoms with E-state index in [1.165, 1.54) is 23.5 Å². The topological polar surface area (TPSA) is 54.5 Å². The van der Waals surface area contributed by atoms with Crippen molar-refractivity contribution in [3.8, 4) is 21.7 Å². The third-order valence-corrected chi connectivity index (χ3v) is 6.26. The van der Waals surface area contributed by atoms with E-state index in [1.54, 1.807) is 18.3 Å². The molecular formula is C23H23ClFN3O2S. The fourth-order valence-corrected chi connectivity index (χ4v) is 4.55. The van der Waals surface area contributed by atoms with Gasteiger partial charge in [-0.05, 0) is 48.9 Å². The van der Waals surface area contributed by atoms with Crippen molar-refractivity contribution in [3.63, 3.8) is 0 Å². The van der Waals surface area contributed by atoms with Crippen LogP contribution in [0.15, 0.2) is 48.0 Å². The largest absolute Gasteiger partial charge is 0.379 e. The molecule has 0 bridgehead atoms. The number of morpholine rings is 1. The maximum atomic E-state index is 13.5. The van der Waals surface area contributed by atoms with Crippen molar-refractivity contribution in [2.24, 2.45) is 0 Å². The number of hydrogen-bond acceptors (Lipinski definition) is 5. The van der Waals surface area contributed by atoms with Gasteiger partial charge in [-0.1, -0.05) is 11.6 Å². The summed E-state index contributed by atoms with van der Waals surface area (Å²) in [5.74, 6) is -0.571. The zero-order chi connectivity index (χ0) is 21.8. The highest BCUT2D eigenvalue weighted by Gasteiger charge is 2.18. The third-order valence-electron chi connectivity index (χ3n) is 5.13. The van der Waals surface area contributed by atoms with Gasteiger partial charge in [0.1, 0.15) is 10.8 Å². The van der Waals surface area contributed by atoms with Gasteiger partial charge in [0.05, 0.1) is 18.2 Å². The van der Waals surface area contributed by atoms with Crippen molar-refractivity contribution in [1.82, 2.24) is 15.2 Å². The summed E-state index contributed by atoms with van der Waals surface area (Å²) in [4.78, 5) is 19.7. The summed E-state index contributed by atoms with van der Waals surface area (Å²) < 4.78 is 18.9. The van der Waals surface area contributed by atoms with Crippen molar-refractivity contribution in [1.29, 1.82) is 0 Å². The maximum absolute atomic E-state index is 13.5. The minimum Gasteiger partial charge on any atom is -0.379 e. The molecule has 162 valence electrons. The van der Waals surface area contributed by atoms with E-state index >= 15 is 0 Å². The molecule has 5 nitrogen and oxygen atoms in total. The number of aromatic nitrogens is 1. The summed E-state index contributed by atoms with van der Waals surface area (Å²) in [6.45, 7) is 5.93. The summed E-state index contributed by atoms with van der Waals surface area (Å²) >= 11 is 7.79. The number of nitrogens with one attached hydrogen (secondary N) is 1. The second-order valence-corrected chi connectivity index (χ2v) is 8.85. The van der Waals surface area contributed by atoms with Gasteiger partial charge < -0.3 is 10.1 Å². The Balaban J connectivity index is 1.61. The molecule has 0 saturated carbocycles. The van der Waals surface area contributed by atoms with Gasteiger partial charge in [-0.15, -0.1) is 11.3 Å². The zero-order valence-corrected chi connectivity index (χ0v) is 18.7. The van der Waals surface area contributed by atoms with Crippen LogP contribution in [0.25, 0.3) is 21.7 Å². The van der Waals surface area contributed by atoms with Gasteiger partial charge in [0.25, 0.3) is 5.91 Å². The number of amides is 1. The quantitative estimate of drug-likeness (QED) is 0.579. The van der Waals surface area contributed by atoms with E-state index in [1.807, 2.05) is 24.4 Å². The number of carbonyl (C=O) groups excluding carboxylic acids is 1. The van der Waals surface area contributed by atoms with E-state index in [0.717, 1.165) is 49.0 Å². The molecule has 0 spiro atoms. The number of benzene rings is 2. The number of nitrogens with zero attached hydrogens (tertiary/aromatic N) is 2. The molecule has 1 fully saturated rings. The lowest BCUT2D eigenvalue weighted by Crippen LogP contribution is -2.46. The van der Waals surface area contributed by atoms with E-state index in [2.05, 4.69) is 15.2 Å². The summed E-state index contributed by atoms with van der Waals surface area (Å²) in [5, 5.41) is 6.07. The monoisotopic (exact) mass is 459 g/mol. The Labute approximate surface area is 189 Å². The van der Waals surface area contributed by atoms with Crippen LogP contribution in [0.3, 0.4) is 0 Å². The highest BCUT2D eigenvalue weighted by Crippen LogP contribution is 2.33. The van der Waals surface area contributed by atoms with Crippen LogP contribution in [0.2, 0.25) is 5.02 Å². The standard InChI is InChI=1S/C23H23ClFN3O2S/c1-15(14-28-5-7-30-8-6-28)27-22(29)17-10-16(20-3-2-19(25)13-21(20)24)11-18(12-17)23-26-4-9-31-23/h2-4,9-13,15H,5-8,14H2,1H3,(H,27,29). The van der Waals surface area contributed by atoms with Crippen LogP contribution in [0, 0.1) is 5.82 Å². The number of thiazole rings is 1. The number of halogens is 2. The first-order valence-corrected chi connectivity index (χ1v) is 11.4. The molecular weight excluding hydrogens is 437 g/mol. The van der Waals surface area contributed by atoms with Crippen molar-refractivity contribution in [2.45, 2.75) is 13.0 Å². The molecule has 1 saturated heterocycles. The van der Waals surface area contributed by atoms with Gasteiger partial charge >= 0.3 is 0 Å². The second-order valence-electron chi connectivity index (χ2n) is 7.55. The Hall–Kier alpha value is -2.32. The van der Waals surface area contributed by atoms with Crippen LogP contribution < -0.4 is 5.32 Å². The maximum Gasteiger partial charge on any atom is 0.251 e. The molecule has 2 aromatic carbocycles. The number of hydrogen-bond donors (Lipinski definition) is 1. The molecule has 3 aromatic rings. The van der Waals surface area contributed by atoms with E-state index in [9.17, 15) is 9.18 Å². The first-order chi connectivity index (χ1) is 15.0. The first kappa shape index (κ1) is 21.9. The molecule has 1 N–H and O–H groups in total. The fraction of sp³-hybridized carbons (Fsp3) is 0.304. The van der Waals surface area contributed by atoms with Gasteiger partial charge in [-0.2, -0.15) is 0 Å². The average molecular weight is 460 g/mol. The fourth-order valence-electron chi connectivity index (χ4n) is 3.65. The summed E-state index contributed by atoms with van der Waals surface area (Å²) in [6, 6.07) is 9.78. The van der Waals surface area contributed by atoms with Crippen molar-refractivity contribution in [3.05, 3.63) is 64.4 Å². The summed E-state index contributed by atoms with van der Waals surface area (Å²) in [5.41, 5.74) is 2.73. The number of ether oxygens (including phenoxy) is 1. The molecule has 0 aliphatic carbocycles. The van der Waals surface area contributed by atoms with Crippen LogP contribution in [0.5, 0.6) is 0 Å². The Bertz CT molecular complexity index is 1050. The van der Waals surface area contributed by atoms with Crippen molar-refractivity contribution < 1.29 is 13.9 Å². The van der Waals surface area contributed by atoms with Crippen LogP contribution >= 0.6 is 22.9 Å². The molecule has 4 rings (SSSR count). The van der Waals surface area contributed by atoms with Gasteiger partial charge in [0, 0.05) is 53.9 Å². The highest BCUT2D eigenvalue weighted by molar-refractivity contribution is 7.13. The third kappa shape index (κ3) is 5.49. The van der Waals surface area contributed by atoms with Gasteiger partial charge in [0.2, 0.25) is 0 Å². The van der Waals surface area contributed by atoms with Crippen LogP contribution in [-0.2, 0) is 4.74 Å². The smallest absolute Gasteiger partial charge is 0.251 e. The molecule has 1 amide bonds. The van der Waals surface area contributed by atoms with E-state index < -0.39 is 5.82 Å². The van der Waals surface area contributed by atoms with Crippen molar-refractivity contribution in [2.75, 3.05) is 32.8 Å². The Morgan fingerprint density at radius 3 is 2.74 bits per heavy atom. The minimum absolute atomic E-state index is 0.0213. The van der Waals surface area contributed by atoms with E-state index in [4.69, 9.17) is 16.3 Å². The lowest BCUT2D eigenvalue weighted by atomic mass is 9.99. The van der Waals surface area contributed by atoms with Crippen LogP contribution in [0.1, 0.15) is 17.3 Å². The molecule has 8 heteroatoms. The second kappa shape index (κ2) is 9.87. The predicted molar refractivity (Wildman–Crippen MR) is 122 cm³/mol. The van der Waals surface area contributed by atoms with Gasteiger partial charge in [-0.25, -0.2) is 9.37 Å². The summed E-state index contributed by atoms with van der Waals surface area (Å²) in [7, 11) is 0. The van der Waals surface area contributed by atoms with Crippen LogP contribution in [-0.4, -0.2) is 54.7 Å². The molecule has 1 aliphatic rings. The molecule has 31 heavy (non-hydrogen) atoms. The Kier molecular flexibility index (Phi) is 6.97. The zero-order valence-electron chi connectivity index (χ0n) is 17.1. The number of rotatable bonds is 6. The molecule has 1 aromatic heterocycles. The first-order valence-electron chi connectivity index (χ1n) is 10.1. The molecule has 0 radical (unpaired) electrons. The average Bonchev–Trinajstić information content (AvgIpc) is 3.29. The SMILES string of the molecule is CC(CN1CCOCC1)NC(=O)c1cc(-c2nccs2)cc(-c2ccc(F)cc2Cl)c1. The van der Waals surface area contributed by atoms with E-state index in [0.29, 0.717) is 16.1 Å². The van der Waals surface area contributed by atoms with Gasteiger partial charge in [0.15, 0.2) is 0 Å². The van der Waals surface area contributed by atoms with Crippen LogP contribution in [0.4, 0.5) is 4.39 Å². The van der Waals surface area contributed by atoms with E-state index in [-0.39, 0.29) is 11.9 Å². The molecule has 1 unspecified atom stereocenters. The van der Waals surface area contributed by atoms with Crippen molar-refractivity contribution >= 4 is 28.8 Å². The Morgan fingerprint density at radius 2 is 2.03 bits per heavy atom. The van der Waals surface area contributed by atoms with Gasteiger partial charge in [-0.3, -0.25) is 9.69 Å². The molecule has 1 atom stereocenters. The lowest BCUT2D eigenvalue weighted by molar-refractivity contribution is 0.0342. The predicted octanol–water partition coefficient (Wildman–Crippen LogP) is 4.72. The lowest BCUT2D eigenvalue weighted by Gasteiger charge is -2.29. The number of carbonyl (C=O) groups is 1. The highest BCUT2D eigenvalue weighted by atomic mass is 35.5. The Morgan fingerprint density at radius 1 is 1.26 bits per heavy atom.